The van der Waals surface area contributed by atoms with Crippen LogP contribution in [0.2, 0.25) is 0 Å². The lowest BCUT2D eigenvalue weighted by Crippen LogP contribution is -2.29. The zero-order chi connectivity index (χ0) is 29.0. The van der Waals surface area contributed by atoms with E-state index < -0.39 is 27.3 Å². The van der Waals surface area contributed by atoms with E-state index in [1.54, 1.807) is 24.3 Å². The van der Waals surface area contributed by atoms with Crippen molar-refractivity contribution in [2.24, 2.45) is 5.14 Å². The van der Waals surface area contributed by atoms with Gasteiger partial charge in [0, 0.05) is 22.7 Å². The minimum absolute atomic E-state index is 0.0917. The summed E-state index contributed by atoms with van der Waals surface area (Å²) in [7, 11) is -4.24. The Kier molecular flexibility index (Phi) is 8.49. The van der Waals surface area contributed by atoms with Crippen LogP contribution in [0, 0.1) is 0 Å². The molecule has 4 aromatic rings. The second kappa shape index (κ2) is 12.2. The smallest absolute Gasteiger partial charge is 0.231 e. The molecule has 1 aliphatic heterocycles. The Morgan fingerprint density at radius 1 is 0.902 bits per heavy atom. The largest absolute Gasteiger partial charge is 0.488 e. The summed E-state index contributed by atoms with van der Waals surface area (Å²) in [5.41, 5.74) is 9.87. The standard InChI is InChI=1S/C32H34N2O6S/c1-2-27(35)30-26(33)15-14-24(31(30)38-19-22-11-7-4-8-12-22)32(41(34,36)37)25(17-21-9-5-3-6-10-21)23-13-16-28-29(18-23)40-20-39-28/h3-16,18,25,27,32,35H,2,17,19-20,33H2,1H3,(H2,34,36,37). The van der Waals surface area contributed by atoms with Gasteiger partial charge < -0.3 is 25.1 Å². The summed E-state index contributed by atoms with van der Waals surface area (Å²) in [5, 5.41) is 15.8. The van der Waals surface area contributed by atoms with Crippen LogP contribution in [0.4, 0.5) is 5.69 Å². The molecule has 0 aromatic heterocycles. The van der Waals surface area contributed by atoms with Gasteiger partial charge in [-0.1, -0.05) is 79.7 Å². The van der Waals surface area contributed by atoms with Crippen LogP contribution in [-0.2, 0) is 23.1 Å². The van der Waals surface area contributed by atoms with Crippen LogP contribution in [0.15, 0.2) is 91.0 Å². The van der Waals surface area contributed by atoms with Crippen molar-refractivity contribution in [3.63, 3.8) is 0 Å². The van der Waals surface area contributed by atoms with Gasteiger partial charge in [0.05, 0.1) is 6.10 Å². The quantitative estimate of drug-likeness (QED) is 0.205. The van der Waals surface area contributed by atoms with Crippen molar-refractivity contribution in [3.05, 3.63) is 119 Å². The van der Waals surface area contributed by atoms with Gasteiger partial charge in [0.1, 0.15) is 17.6 Å². The van der Waals surface area contributed by atoms with Gasteiger partial charge in [-0.15, -0.1) is 0 Å². The summed E-state index contributed by atoms with van der Waals surface area (Å²) in [6.45, 7) is 2.06. The fourth-order valence-electron chi connectivity index (χ4n) is 5.33. The van der Waals surface area contributed by atoms with Crippen LogP contribution in [-0.4, -0.2) is 20.3 Å². The number of fused-ring (bicyclic) bond motifs is 1. The van der Waals surface area contributed by atoms with E-state index in [1.165, 1.54) is 0 Å². The van der Waals surface area contributed by atoms with E-state index in [0.29, 0.717) is 46.7 Å². The first-order valence-electron chi connectivity index (χ1n) is 13.5. The Morgan fingerprint density at radius 3 is 2.22 bits per heavy atom. The fourth-order valence-corrected chi connectivity index (χ4v) is 6.58. The fraction of sp³-hybridized carbons (Fsp3) is 0.250. The Hall–Kier alpha value is -4.05. The van der Waals surface area contributed by atoms with Crippen molar-refractivity contribution in [1.82, 2.24) is 0 Å². The molecule has 3 unspecified atom stereocenters. The molecule has 1 heterocycles. The van der Waals surface area contributed by atoms with Gasteiger partial charge in [-0.05, 0) is 47.7 Å². The second-order valence-electron chi connectivity index (χ2n) is 10.1. The minimum Gasteiger partial charge on any atom is -0.488 e. The lowest BCUT2D eigenvalue weighted by atomic mass is 9.84. The number of anilines is 1. The van der Waals surface area contributed by atoms with Crippen LogP contribution in [0.25, 0.3) is 0 Å². The number of benzene rings is 4. The first-order valence-corrected chi connectivity index (χ1v) is 15.1. The summed E-state index contributed by atoms with van der Waals surface area (Å²) in [6.07, 6.45) is -0.263. The highest BCUT2D eigenvalue weighted by Gasteiger charge is 2.38. The highest BCUT2D eigenvalue weighted by atomic mass is 32.2. The normalized spacial score (nSPS) is 14.8. The van der Waals surface area contributed by atoms with Crippen molar-refractivity contribution in [2.75, 3.05) is 12.5 Å². The van der Waals surface area contributed by atoms with Gasteiger partial charge >= 0.3 is 0 Å². The predicted octanol–water partition coefficient (Wildman–Crippen LogP) is 5.38. The zero-order valence-corrected chi connectivity index (χ0v) is 23.6. The maximum absolute atomic E-state index is 13.6. The molecule has 9 heteroatoms. The van der Waals surface area contributed by atoms with Crippen LogP contribution < -0.4 is 25.1 Å². The van der Waals surface area contributed by atoms with E-state index in [1.807, 2.05) is 73.7 Å². The third-order valence-corrected chi connectivity index (χ3v) is 8.65. The molecular formula is C32H34N2O6S. The summed E-state index contributed by atoms with van der Waals surface area (Å²) in [4.78, 5) is 0. The van der Waals surface area contributed by atoms with Gasteiger partial charge in [-0.3, -0.25) is 0 Å². The van der Waals surface area contributed by atoms with Crippen molar-refractivity contribution >= 4 is 15.7 Å². The zero-order valence-electron chi connectivity index (χ0n) is 22.8. The Bertz CT molecular complexity index is 1600. The summed E-state index contributed by atoms with van der Waals surface area (Å²) in [5.74, 6) is 0.707. The maximum atomic E-state index is 13.6. The molecule has 8 nitrogen and oxygen atoms in total. The van der Waals surface area contributed by atoms with Gasteiger partial charge in [0.25, 0.3) is 0 Å². The summed E-state index contributed by atoms with van der Waals surface area (Å²) >= 11 is 0. The maximum Gasteiger partial charge on any atom is 0.231 e. The SMILES string of the molecule is CCC(O)c1c(N)ccc(C(C(Cc2ccccc2)c2ccc3c(c2)OCO3)S(N)(=O)=O)c1OCc1ccccc1. The molecule has 4 aromatic carbocycles. The molecule has 0 saturated heterocycles. The monoisotopic (exact) mass is 574 g/mol. The van der Waals surface area contributed by atoms with E-state index in [4.69, 9.17) is 25.1 Å². The second-order valence-corrected chi connectivity index (χ2v) is 11.8. The number of hydrogen-bond donors (Lipinski definition) is 3. The molecule has 214 valence electrons. The topological polar surface area (TPSA) is 134 Å². The third kappa shape index (κ3) is 6.32. The molecule has 3 atom stereocenters. The van der Waals surface area contributed by atoms with Gasteiger partial charge in [0.2, 0.25) is 16.8 Å². The third-order valence-electron chi connectivity index (χ3n) is 7.36. The molecule has 0 spiro atoms. The van der Waals surface area contributed by atoms with E-state index in [-0.39, 0.29) is 19.1 Å². The Balaban J connectivity index is 1.70. The number of hydrogen-bond acceptors (Lipinski definition) is 7. The molecule has 1 aliphatic rings. The first-order chi connectivity index (χ1) is 19.8. The van der Waals surface area contributed by atoms with E-state index in [2.05, 4.69) is 0 Å². The van der Waals surface area contributed by atoms with Gasteiger partial charge in [0.15, 0.2) is 11.5 Å². The van der Waals surface area contributed by atoms with Gasteiger partial charge in [-0.25, -0.2) is 13.6 Å². The van der Waals surface area contributed by atoms with E-state index >= 15 is 0 Å². The number of ether oxygens (including phenoxy) is 3. The van der Waals surface area contributed by atoms with E-state index in [0.717, 1.165) is 11.1 Å². The molecule has 0 bridgehead atoms. The van der Waals surface area contributed by atoms with Crippen molar-refractivity contribution in [2.45, 2.75) is 43.6 Å². The summed E-state index contributed by atoms with van der Waals surface area (Å²) < 4.78 is 44.7. The van der Waals surface area contributed by atoms with Crippen LogP contribution in [0.1, 0.15) is 58.4 Å². The average Bonchev–Trinajstić information content (AvgIpc) is 3.45. The average molecular weight is 575 g/mol. The predicted molar refractivity (Wildman–Crippen MR) is 158 cm³/mol. The molecule has 0 aliphatic carbocycles. The summed E-state index contributed by atoms with van der Waals surface area (Å²) in [6, 6.07) is 27.8. The lowest BCUT2D eigenvalue weighted by molar-refractivity contribution is 0.166. The number of rotatable bonds is 11. The Labute approximate surface area is 240 Å². The molecule has 5 rings (SSSR count). The van der Waals surface area contributed by atoms with Crippen LogP contribution >= 0.6 is 0 Å². The van der Waals surface area contributed by atoms with Crippen molar-refractivity contribution < 1.29 is 27.7 Å². The van der Waals surface area contributed by atoms with Gasteiger partial charge in [-0.2, -0.15) is 0 Å². The minimum atomic E-state index is -4.24. The molecule has 0 fully saturated rings. The molecule has 0 amide bonds. The number of primary sulfonamides is 1. The molecular weight excluding hydrogens is 540 g/mol. The highest BCUT2D eigenvalue weighted by molar-refractivity contribution is 7.89. The van der Waals surface area contributed by atoms with Crippen LogP contribution in [0.5, 0.6) is 17.2 Å². The number of nitrogen functional groups attached to an aromatic ring is 1. The highest BCUT2D eigenvalue weighted by Crippen LogP contribution is 2.48. The number of aliphatic hydroxyl groups is 1. The van der Waals surface area contributed by atoms with Crippen LogP contribution in [0.3, 0.4) is 0 Å². The van der Waals surface area contributed by atoms with E-state index in [9.17, 15) is 13.5 Å². The molecule has 0 saturated carbocycles. The molecule has 0 radical (unpaired) electrons. The van der Waals surface area contributed by atoms with Crippen molar-refractivity contribution in [1.29, 1.82) is 0 Å². The number of aliphatic hydroxyl groups excluding tert-OH is 1. The van der Waals surface area contributed by atoms with Crippen molar-refractivity contribution in [3.8, 4) is 17.2 Å². The molecule has 41 heavy (non-hydrogen) atoms. The number of nitrogens with two attached hydrogens (primary N) is 2. The number of sulfonamides is 1. The lowest BCUT2D eigenvalue weighted by Gasteiger charge is -2.30. The first kappa shape index (κ1) is 28.5. The molecule has 5 N–H and O–H groups in total. The Morgan fingerprint density at radius 2 is 1.56 bits per heavy atom.